The van der Waals surface area contributed by atoms with Crippen LogP contribution in [0.2, 0.25) is 0 Å². The number of carbonyl (C=O) groups is 1. The first-order valence-electron chi connectivity index (χ1n) is 5.11. The summed E-state index contributed by atoms with van der Waals surface area (Å²) in [5.74, 6) is 0. The molecule has 1 aliphatic heterocycles. The van der Waals surface area contributed by atoms with Crippen LogP contribution in [-0.2, 0) is 14.2 Å². The molecule has 0 bridgehead atoms. The molecule has 88 valence electrons. The van der Waals surface area contributed by atoms with Crippen molar-refractivity contribution in [3.8, 4) is 0 Å². The third-order valence-electron chi connectivity index (χ3n) is 2.47. The first-order chi connectivity index (χ1) is 7.04. The van der Waals surface area contributed by atoms with E-state index < -0.39 is 6.16 Å². The molecule has 1 rings (SSSR count). The molecule has 0 amide bonds. The van der Waals surface area contributed by atoms with Gasteiger partial charge in [0.05, 0.1) is 13.2 Å². The number of nitrogens with zero attached hydrogens (tertiary/aromatic N) is 1. The van der Waals surface area contributed by atoms with Gasteiger partial charge in [-0.05, 0) is 33.9 Å². The van der Waals surface area contributed by atoms with Gasteiger partial charge < -0.3 is 14.2 Å². The fourth-order valence-corrected chi connectivity index (χ4v) is 1.68. The molecule has 1 saturated heterocycles. The van der Waals surface area contributed by atoms with Crippen molar-refractivity contribution in [1.82, 2.24) is 4.90 Å². The van der Waals surface area contributed by atoms with E-state index in [4.69, 9.17) is 9.47 Å². The van der Waals surface area contributed by atoms with Gasteiger partial charge >= 0.3 is 6.16 Å². The van der Waals surface area contributed by atoms with Crippen LogP contribution in [-0.4, -0.2) is 50.7 Å². The zero-order valence-corrected chi connectivity index (χ0v) is 9.73. The maximum Gasteiger partial charge on any atom is 0.508 e. The van der Waals surface area contributed by atoms with E-state index >= 15 is 0 Å². The predicted molar refractivity (Wildman–Crippen MR) is 54.5 cm³/mol. The first kappa shape index (κ1) is 12.3. The molecule has 3 atom stereocenters. The van der Waals surface area contributed by atoms with Crippen LogP contribution in [0.15, 0.2) is 0 Å². The fraction of sp³-hybridized carbons (Fsp3) is 0.900. The van der Waals surface area contributed by atoms with E-state index in [0.717, 1.165) is 12.8 Å². The SMILES string of the molecule is COC(=O)OC1CCC(C)OC1N(C)C. The minimum Gasteiger partial charge on any atom is -0.438 e. The van der Waals surface area contributed by atoms with Crippen molar-refractivity contribution in [2.24, 2.45) is 0 Å². The second-order valence-electron chi connectivity index (χ2n) is 3.99. The van der Waals surface area contributed by atoms with Crippen molar-refractivity contribution in [1.29, 1.82) is 0 Å². The van der Waals surface area contributed by atoms with Crippen LogP contribution in [0, 0.1) is 0 Å². The minimum atomic E-state index is -0.648. The summed E-state index contributed by atoms with van der Waals surface area (Å²) in [4.78, 5) is 12.9. The summed E-state index contributed by atoms with van der Waals surface area (Å²) in [5.41, 5.74) is 0. The zero-order valence-electron chi connectivity index (χ0n) is 9.73. The Labute approximate surface area is 90.3 Å². The third-order valence-corrected chi connectivity index (χ3v) is 2.47. The number of carbonyl (C=O) groups excluding carboxylic acids is 1. The van der Waals surface area contributed by atoms with Crippen molar-refractivity contribution < 1.29 is 19.0 Å². The van der Waals surface area contributed by atoms with E-state index in [2.05, 4.69) is 4.74 Å². The molecule has 0 aromatic heterocycles. The highest BCUT2D eigenvalue weighted by Crippen LogP contribution is 2.23. The van der Waals surface area contributed by atoms with Gasteiger partial charge in [-0.2, -0.15) is 0 Å². The van der Waals surface area contributed by atoms with Gasteiger partial charge in [0.25, 0.3) is 0 Å². The van der Waals surface area contributed by atoms with Crippen molar-refractivity contribution >= 4 is 6.16 Å². The molecule has 0 spiro atoms. The summed E-state index contributed by atoms with van der Waals surface area (Å²) in [6.45, 7) is 2.02. The van der Waals surface area contributed by atoms with Gasteiger partial charge in [0, 0.05) is 0 Å². The monoisotopic (exact) mass is 217 g/mol. The highest BCUT2D eigenvalue weighted by Gasteiger charge is 2.33. The van der Waals surface area contributed by atoms with E-state index in [-0.39, 0.29) is 18.4 Å². The highest BCUT2D eigenvalue weighted by atomic mass is 16.7. The Bertz CT molecular complexity index is 219. The van der Waals surface area contributed by atoms with Crippen LogP contribution in [0.3, 0.4) is 0 Å². The predicted octanol–water partition coefficient (Wildman–Crippen LogP) is 1.22. The van der Waals surface area contributed by atoms with Crippen LogP contribution in [0.1, 0.15) is 19.8 Å². The summed E-state index contributed by atoms with van der Waals surface area (Å²) in [7, 11) is 5.10. The number of hydrogen-bond acceptors (Lipinski definition) is 5. The topological polar surface area (TPSA) is 48.0 Å². The van der Waals surface area contributed by atoms with Gasteiger partial charge in [-0.15, -0.1) is 0 Å². The smallest absolute Gasteiger partial charge is 0.438 e. The third kappa shape index (κ3) is 3.35. The second kappa shape index (κ2) is 5.32. The van der Waals surface area contributed by atoms with Crippen LogP contribution in [0.5, 0.6) is 0 Å². The van der Waals surface area contributed by atoms with Crippen molar-refractivity contribution in [3.05, 3.63) is 0 Å². The van der Waals surface area contributed by atoms with Gasteiger partial charge in [0.15, 0.2) is 0 Å². The lowest BCUT2D eigenvalue weighted by atomic mass is 10.1. The van der Waals surface area contributed by atoms with Crippen molar-refractivity contribution in [2.45, 2.75) is 38.2 Å². The average molecular weight is 217 g/mol. The average Bonchev–Trinajstić information content (AvgIpc) is 2.20. The number of methoxy groups -OCH3 is 1. The van der Waals surface area contributed by atoms with E-state index in [0.29, 0.717) is 0 Å². The maximum absolute atomic E-state index is 11.0. The molecule has 0 radical (unpaired) electrons. The lowest BCUT2D eigenvalue weighted by molar-refractivity contribution is -0.171. The maximum atomic E-state index is 11.0. The van der Waals surface area contributed by atoms with E-state index in [1.165, 1.54) is 7.11 Å². The van der Waals surface area contributed by atoms with Crippen LogP contribution >= 0.6 is 0 Å². The largest absolute Gasteiger partial charge is 0.508 e. The lowest BCUT2D eigenvalue weighted by Gasteiger charge is -2.37. The molecule has 1 aliphatic rings. The van der Waals surface area contributed by atoms with E-state index in [1.54, 1.807) is 0 Å². The molecule has 3 unspecified atom stereocenters. The molecule has 0 aromatic carbocycles. The molecule has 0 aliphatic carbocycles. The van der Waals surface area contributed by atoms with Crippen molar-refractivity contribution in [2.75, 3.05) is 21.2 Å². The molecular weight excluding hydrogens is 198 g/mol. The Balaban J connectivity index is 2.56. The molecule has 15 heavy (non-hydrogen) atoms. The quantitative estimate of drug-likeness (QED) is 0.651. The van der Waals surface area contributed by atoms with Crippen LogP contribution in [0.4, 0.5) is 4.79 Å². The van der Waals surface area contributed by atoms with Gasteiger partial charge in [-0.3, -0.25) is 4.90 Å². The standard InChI is InChI=1S/C10H19NO4/c1-7-5-6-8(15-10(12)13-4)9(14-7)11(2)3/h7-9H,5-6H2,1-4H3. The summed E-state index contributed by atoms with van der Waals surface area (Å²) in [6.07, 6.45) is 0.821. The number of likely N-dealkylation sites (N-methyl/N-ethyl adjacent to an activating group) is 1. The normalized spacial score (nSPS) is 31.4. The van der Waals surface area contributed by atoms with Gasteiger partial charge in [0.1, 0.15) is 12.3 Å². The molecule has 1 fully saturated rings. The Kier molecular flexibility index (Phi) is 4.35. The number of ether oxygens (including phenoxy) is 3. The fourth-order valence-electron chi connectivity index (χ4n) is 1.68. The molecule has 1 heterocycles. The number of hydrogen-bond donors (Lipinski definition) is 0. The van der Waals surface area contributed by atoms with E-state index in [1.807, 2.05) is 25.9 Å². The minimum absolute atomic E-state index is 0.187. The molecule has 5 nitrogen and oxygen atoms in total. The Morgan fingerprint density at radius 3 is 2.60 bits per heavy atom. The zero-order chi connectivity index (χ0) is 11.4. The summed E-state index contributed by atoms with van der Waals surface area (Å²) in [6, 6.07) is 0. The Hall–Kier alpha value is -0.810. The van der Waals surface area contributed by atoms with Gasteiger partial charge in [-0.1, -0.05) is 0 Å². The van der Waals surface area contributed by atoms with Gasteiger partial charge in [-0.25, -0.2) is 4.79 Å². The van der Waals surface area contributed by atoms with E-state index in [9.17, 15) is 4.79 Å². The summed E-state index contributed by atoms with van der Waals surface area (Å²) in [5, 5.41) is 0. The molecule has 0 aromatic rings. The summed E-state index contributed by atoms with van der Waals surface area (Å²) >= 11 is 0. The number of rotatable bonds is 2. The van der Waals surface area contributed by atoms with Gasteiger partial charge in [0.2, 0.25) is 0 Å². The lowest BCUT2D eigenvalue weighted by Crippen LogP contribution is -2.48. The first-order valence-corrected chi connectivity index (χ1v) is 5.11. The van der Waals surface area contributed by atoms with Crippen LogP contribution in [0.25, 0.3) is 0 Å². The molecule has 0 N–H and O–H groups in total. The highest BCUT2D eigenvalue weighted by molar-refractivity contribution is 5.59. The van der Waals surface area contributed by atoms with Crippen molar-refractivity contribution in [3.63, 3.8) is 0 Å². The molecular formula is C10H19NO4. The molecule has 5 heteroatoms. The summed E-state index contributed by atoms with van der Waals surface area (Å²) < 4.78 is 15.3. The Morgan fingerprint density at radius 2 is 2.07 bits per heavy atom. The van der Waals surface area contributed by atoms with Crippen LogP contribution < -0.4 is 0 Å². The molecule has 0 saturated carbocycles. The second-order valence-corrected chi connectivity index (χ2v) is 3.99. The Morgan fingerprint density at radius 1 is 1.40 bits per heavy atom.